The smallest absolute Gasteiger partial charge is 0.379 e. The molecule has 3 aromatic rings. The number of aryl methyl sites for hydroxylation is 1. The number of amides is 1. The van der Waals surface area contributed by atoms with Gasteiger partial charge in [-0.2, -0.15) is 13.2 Å². The second kappa shape index (κ2) is 8.84. The predicted octanol–water partition coefficient (Wildman–Crippen LogP) is 4.96. The van der Waals surface area contributed by atoms with E-state index in [0.29, 0.717) is 28.8 Å². The molecular formula is C29H29F4N5O2. The van der Waals surface area contributed by atoms with Gasteiger partial charge in [0.2, 0.25) is 0 Å². The maximum atomic E-state index is 15.8. The van der Waals surface area contributed by atoms with Gasteiger partial charge in [0.05, 0.1) is 30.7 Å². The molecule has 1 amide bonds. The van der Waals surface area contributed by atoms with Crippen LogP contribution in [0.5, 0.6) is 0 Å². The third-order valence-electron chi connectivity index (χ3n) is 9.26. The van der Waals surface area contributed by atoms with Crippen LogP contribution in [0, 0.1) is 5.41 Å². The molecular weight excluding hydrogens is 526 g/mol. The van der Waals surface area contributed by atoms with E-state index in [1.165, 1.54) is 41.1 Å². The van der Waals surface area contributed by atoms with Gasteiger partial charge in [0.15, 0.2) is 12.0 Å². The van der Waals surface area contributed by atoms with E-state index in [2.05, 4.69) is 15.1 Å². The number of hydrogen-bond donors (Lipinski definition) is 0. The quantitative estimate of drug-likeness (QED) is 0.403. The van der Waals surface area contributed by atoms with Crippen LogP contribution in [-0.4, -0.2) is 51.9 Å². The minimum absolute atomic E-state index is 0.0186. The van der Waals surface area contributed by atoms with Crippen molar-refractivity contribution in [2.75, 3.05) is 31.2 Å². The van der Waals surface area contributed by atoms with Crippen LogP contribution < -0.4 is 4.90 Å². The van der Waals surface area contributed by atoms with Gasteiger partial charge in [-0.3, -0.25) is 9.69 Å². The lowest BCUT2D eigenvalue weighted by molar-refractivity contribution is -0.138. The molecule has 40 heavy (non-hydrogen) atoms. The number of halogens is 4. The molecule has 4 aliphatic rings. The first-order chi connectivity index (χ1) is 19.1. The Kier molecular flexibility index (Phi) is 5.67. The lowest BCUT2D eigenvalue weighted by Gasteiger charge is -2.56. The first-order valence-electron chi connectivity index (χ1n) is 13.5. The minimum atomic E-state index is -4.59. The molecule has 1 aliphatic carbocycles. The Morgan fingerprint density at radius 2 is 1.90 bits per heavy atom. The van der Waals surface area contributed by atoms with Crippen molar-refractivity contribution in [3.05, 3.63) is 76.4 Å². The number of carbonyl (C=O) groups excluding carboxylic acids is 1. The number of aromatic nitrogens is 3. The highest BCUT2D eigenvalue weighted by Gasteiger charge is 2.51. The lowest BCUT2D eigenvalue weighted by Crippen LogP contribution is -2.58. The van der Waals surface area contributed by atoms with Gasteiger partial charge in [0.25, 0.3) is 5.91 Å². The summed E-state index contributed by atoms with van der Waals surface area (Å²) in [5, 5.41) is 7.71. The number of alkyl halides is 4. The number of hydrogen-bond acceptors (Lipinski definition) is 5. The van der Waals surface area contributed by atoms with E-state index in [1.54, 1.807) is 37.4 Å². The number of fused-ring (bicyclic) bond motifs is 1. The molecule has 3 aliphatic heterocycles. The lowest BCUT2D eigenvalue weighted by atomic mass is 9.63. The van der Waals surface area contributed by atoms with Gasteiger partial charge in [-0.1, -0.05) is 18.6 Å². The molecule has 7 rings (SSSR count). The van der Waals surface area contributed by atoms with E-state index < -0.39 is 29.2 Å². The van der Waals surface area contributed by atoms with E-state index in [0.717, 1.165) is 13.1 Å². The fourth-order valence-corrected chi connectivity index (χ4v) is 6.82. The summed E-state index contributed by atoms with van der Waals surface area (Å²) >= 11 is 0. The van der Waals surface area contributed by atoms with E-state index in [4.69, 9.17) is 4.74 Å². The third-order valence-corrected chi connectivity index (χ3v) is 9.26. The SMILES string of the molecule is Cn1cnnc1[C@H](F)C1(c2cccc(N3Cc4c(cc(CN5CC6(CCC6)C5)cc4C(F)(F)F)C3=O)c2)COC1. The fourth-order valence-electron chi connectivity index (χ4n) is 6.82. The van der Waals surface area contributed by atoms with E-state index in [-0.39, 0.29) is 36.7 Å². The molecule has 3 fully saturated rings. The molecule has 1 spiro atoms. The van der Waals surface area contributed by atoms with Gasteiger partial charge in [-0.05, 0) is 59.2 Å². The molecule has 1 atom stereocenters. The number of benzene rings is 2. The highest BCUT2D eigenvalue weighted by molar-refractivity contribution is 6.10. The molecule has 4 heterocycles. The fraction of sp³-hybridized carbons (Fsp3) is 0.483. The first-order valence-corrected chi connectivity index (χ1v) is 13.5. The topological polar surface area (TPSA) is 63.5 Å². The van der Waals surface area contributed by atoms with E-state index in [1.807, 2.05) is 0 Å². The molecule has 1 saturated carbocycles. The molecule has 0 unspecified atom stereocenters. The largest absolute Gasteiger partial charge is 0.416 e. The molecule has 0 radical (unpaired) electrons. The highest BCUT2D eigenvalue weighted by atomic mass is 19.4. The predicted molar refractivity (Wildman–Crippen MR) is 137 cm³/mol. The third kappa shape index (κ3) is 3.88. The Balaban J connectivity index is 1.19. The summed E-state index contributed by atoms with van der Waals surface area (Å²) < 4.78 is 65.4. The Morgan fingerprint density at radius 1 is 1.12 bits per heavy atom. The first kappa shape index (κ1) is 25.6. The maximum Gasteiger partial charge on any atom is 0.416 e. The van der Waals surface area contributed by atoms with Crippen molar-refractivity contribution < 1.29 is 27.1 Å². The number of nitrogens with zero attached hydrogens (tertiary/aromatic N) is 5. The van der Waals surface area contributed by atoms with Crippen molar-refractivity contribution in [1.29, 1.82) is 0 Å². The molecule has 1 aromatic heterocycles. The van der Waals surface area contributed by atoms with Crippen LogP contribution in [0.3, 0.4) is 0 Å². The number of ether oxygens (including phenoxy) is 1. The number of anilines is 1. The van der Waals surface area contributed by atoms with Crippen LogP contribution in [0.4, 0.5) is 23.2 Å². The summed E-state index contributed by atoms with van der Waals surface area (Å²) in [5.74, 6) is -0.325. The summed E-state index contributed by atoms with van der Waals surface area (Å²) in [4.78, 5) is 17.1. The van der Waals surface area contributed by atoms with Crippen LogP contribution in [0.2, 0.25) is 0 Å². The van der Waals surface area contributed by atoms with Gasteiger partial charge in [0.1, 0.15) is 6.33 Å². The summed E-state index contributed by atoms with van der Waals surface area (Å²) in [5.41, 5.74) is 0.128. The molecule has 210 valence electrons. The average molecular weight is 556 g/mol. The summed E-state index contributed by atoms with van der Waals surface area (Å²) in [6, 6.07) is 9.62. The van der Waals surface area contributed by atoms with Gasteiger partial charge in [-0.25, -0.2) is 4.39 Å². The van der Waals surface area contributed by atoms with Crippen molar-refractivity contribution >= 4 is 11.6 Å². The summed E-state index contributed by atoms with van der Waals surface area (Å²) in [6.07, 6.45) is -1.10. The van der Waals surface area contributed by atoms with Gasteiger partial charge >= 0.3 is 6.18 Å². The number of likely N-dealkylation sites (tertiary alicyclic amines) is 1. The van der Waals surface area contributed by atoms with Crippen LogP contribution in [0.25, 0.3) is 0 Å². The monoisotopic (exact) mass is 555 g/mol. The zero-order valence-corrected chi connectivity index (χ0v) is 22.0. The number of carbonyl (C=O) groups is 1. The molecule has 7 nitrogen and oxygen atoms in total. The van der Waals surface area contributed by atoms with Gasteiger partial charge < -0.3 is 14.2 Å². The van der Waals surface area contributed by atoms with E-state index >= 15 is 4.39 Å². The maximum absolute atomic E-state index is 15.8. The number of rotatable bonds is 6. The Bertz CT molecular complexity index is 1490. The molecule has 0 N–H and O–H groups in total. The van der Waals surface area contributed by atoms with Crippen molar-refractivity contribution in [3.8, 4) is 0 Å². The zero-order valence-electron chi connectivity index (χ0n) is 22.0. The zero-order chi connectivity index (χ0) is 27.9. The van der Waals surface area contributed by atoms with E-state index in [9.17, 15) is 18.0 Å². The molecule has 0 bridgehead atoms. The van der Waals surface area contributed by atoms with Crippen LogP contribution in [0.15, 0.2) is 42.7 Å². The highest BCUT2D eigenvalue weighted by Crippen LogP contribution is 2.49. The van der Waals surface area contributed by atoms with Crippen LogP contribution in [-0.2, 0) is 36.5 Å². The van der Waals surface area contributed by atoms with Crippen LogP contribution in [0.1, 0.15) is 63.9 Å². The Labute approximate surface area is 228 Å². The Hall–Kier alpha value is -3.31. The summed E-state index contributed by atoms with van der Waals surface area (Å²) in [6.45, 7) is 2.20. The normalized spacial score (nSPS) is 22.0. The minimum Gasteiger partial charge on any atom is -0.379 e. The standard InChI is InChI=1S/C29H29F4N5O2/c1-36-17-34-35-25(36)24(30)28(15-40-16-28)19-4-2-5-20(10-19)38-12-22-21(26(38)39)8-18(9-23(22)29(31,32)33)11-37-13-27(14-37)6-3-7-27/h2,4-5,8-10,17,24H,3,6-7,11-16H2,1H3/t24-/m0/s1. The van der Waals surface area contributed by atoms with Crippen molar-refractivity contribution in [2.45, 2.75) is 50.1 Å². The van der Waals surface area contributed by atoms with Crippen LogP contribution >= 0.6 is 0 Å². The van der Waals surface area contributed by atoms with Gasteiger partial charge in [-0.15, -0.1) is 10.2 Å². The Morgan fingerprint density at radius 3 is 2.50 bits per heavy atom. The van der Waals surface area contributed by atoms with Gasteiger partial charge in [0, 0.05) is 37.9 Å². The average Bonchev–Trinajstić information content (AvgIpc) is 3.41. The second-order valence-corrected chi connectivity index (χ2v) is 11.9. The van der Waals surface area contributed by atoms with Crippen molar-refractivity contribution in [2.24, 2.45) is 12.5 Å². The second-order valence-electron chi connectivity index (χ2n) is 11.9. The molecule has 2 aromatic carbocycles. The summed E-state index contributed by atoms with van der Waals surface area (Å²) in [7, 11) is 1.66. The molecule has 11 heteroatoms. The van der Waals surface area contributed by atoms with Crippen molar-refractivity contribution in [1.82, 2.24) is 19.7 Å². The molecule has 2 saturated heterocycles. The van der Waals surface area contributed by atoms with Crippen molar-refractivity contribution in [3.63, 3.8) is 0 Å².